The quantitative estimate of drug-likeness (QED) is 0.528. The fourth-order valence-corrected chi connectivity index (χ4v) is 3.33. The number of hydrogen-bond donors (Lipinski definition) is 1. The molecule has 2 heterocycles. The highest BCUT2D eigenvalue weighted by molar-refractivity contribution is 6.33. The van der Waals surface area contributed by atoms with Crippen molar-refractivity contribution in [1.82, 2.24) is 25.2 Å². The lowest BCUT2D eigenvalue weighted by atomic mass is 10.0. The van der Waals surface area contributed by atoms with Crippen LogP contribution in [0.2, 0.25) is 5.02 Å². The number of anilines is 1. The number of rotatable bonds is 4. The van der Waals surface area contributed by atoms with Crippen LogP contribution in [0.25, 0.3) is 22.5 Å². The van der Waals surface area contributed by atoms with Crippen molar-refractivity contribution in [2.24, 2.45) is 7.05 Å². The van der Waals surface area contributed by atoms with E-state index in [-0.39, 0.29) is 5.91 Å². The van der Waals surface area contributed by atoms with Gasteiger partial charge >= 0.3 is 0 Å². The fourth-order valence-electron chi connectivity index (χ4n) is 3.11. The molecule has 8 heteroatoms. The average Bonchev–Trinajstić information content (AvgIpc) is 3.17. The first kappa shape index (κ1) is 19.7. The zero-order chi connectivity index (χ0) is 21.3. The molecular weight excluding hydrogens is 400 g/mol. The molecule has 0 radical (unpaired) electrons. The zero-order valence-electron chi connectivity index (χ0n) is 16.7. The van der Waals surface area contributed by atoms with Crippen LogP contribution in [0.3, 0.4) is 0 Å². The minimum atomic E-state index is -0.195. The van der Waals surface area contributed by atoms with Gasteiger partial charge in [0.25, 0.3) is 5.91 Å². The second-order valence-electron chi connectivity index (χ2n) is 6.97. The molecule has 0 fully saturated rings. The summed E-state index contributed by atoms with van der Waals surface area (Å²) < 4.78 is 0. The van der Waals surface area contributed by atoms with E-state index in [1.54, 1.807) is 31.4 Å². The van der Waals surface area contributed by atoms with E-state index >= 15 is 0 Å². The van der Waals surface area contributed by atoms with Crippen molar-refractivity contribution in [3.8, 4) is 22.5 Å². The third kappa shape index (κ3) is 4.06. The van der Waals surface area contributed by atoms with Gasteiger partial charge in [0.05, 0.1) is 18.9 Å². The molecule has 2 aromatic carbocycles. The third-order valence-electron chi connectivity index (χ3n) is 4.69. The first-order chi connectivity index (χ1) is 14.4. The highest BCUT2D eigenvalue weighted by Gasteiger charge is 2.12. The normalized spacial score (nSPS) is 10.8. The van der Waals surface area contributed by atoms with Crippen molar-refractivity contribution in [2.45, 2.75) is 13.8 Å². The second kappa shape index (κ2) is 8.04. The number of aromatic nitrogens is 5. The van der Waals surface area contributed by atoms with Gasteiger partial charge < -0.3 is 5.32 Å². The maximum Gasteiger partial charge on any atom is 0.255 e. The van der Waals surface area contributed by atoms with Crippen LogP contribution < -0.4 is 5.32 Å². The molecule has 0 saturated carbocycles. The predicted molar refractivity (Wildman–Crippen MR) is 116 cm³/mol. The molecule has 150 valence electrons. The summed E-state index contributed by atoms with van der Waals surface area (Å²) in [5, 5.41) is 15.6. The Morgan fingerprint density at radius 3 is 2.43 bits per heavy atom. The number of carbonyl (C=O) groups excluding carboxylic acids is 1. The maximum atomic E-state index is 12.6. The highest BCUT2D eigenvalue weighted by Crippen LogP contribution is 2.31. The number of carbonyl (C=O) groups is 1. The van der Waals surface area contributed by atoms with Gasteiger partial charge in [0.1, 0.15) is 0 Å². The van der Waals surface area contributed by atoms with Crippen molar-refractivity contribution in [3.05, 3.63) is 76.6 Å². The third-order valence-corrected chi connectivity index (χ3v) is 5.02. The number of pyridine rings is 1. The standard InChI is InChI=1S/C22H19ClN6O/c1-13-10-14(2)24-12-20(13)25-22(30)16-6-4-15(5-7-16)18-11-17(8-9-19(18)23)21-26-28-29(3)27-21/h4-12H,1-3H3,(H,25,30). The molecule has 0 saturated heterocycles. The molecule has 1 N–H and O–H groups in total. The summed E-state index contributed by atoms with van der Waals surface area (Å²) in [7, 11) is 1.71. The molecule has 4 rings (SSSR count). The van der Waals surface area contributed by atoms with Crippen molar-refractivity contribution in [1.29, 1.82) is 0 Å². The Balaban J connectivity index is 1.58. The van der Waals surface area contributed by atoms with Gasteiger partial charge in [0.2, 0.25) is 5.82 Å². The highest BCUT2D eigenvalue weighted by atomic mass is 35.5. The number of halogens is 1. The topological polar surface area (TPSA) is 85.6 Å². The monoisotopic (exact) mass is 418 g/mol. The molecule has 0 unspecified atom stereocenters. The van der Waals surface area contributed by atoms with Crippen LogP contribution in [0.1, 0.15) is 21.6 Å². The number of amides is 1. The first-order valence-corrected chi connectivity index (χ1v) is 9.67. The van der Waals surface area contributed by atoms with Gasteiger partial charge in [-0.05, 0) is 66.6 Å². The Kier molecular flexibility index (Phi) is 5.29. The molecule has 0 atom stereocenters. The maximum absolute atomic E-state index is 12.6. The van der Waals surface area contributed by atoms with Crippen molar-refractivity contribution >= 4 is 23.2 Å². The summed E-state index contributed by atoms with van der Waals surface area (Å²) in [5.41, 5.74) is 5.64. The summed E-state index contributed by atoms with van der Waals surface area (Å²) in [5.74, 6) is 0.326. The molecule has 30 heavy (non-hydrogen) atoms. The van der Waals surface area contributed by atoms with E-state index in [0.29, 0.717) is 22.1 Å². The molecule has 0 spiro atoms. The van der Waals surface area contributed by atoms with Gasteiger partial charge in [-0.25, -0.2) is 0 Å². The predicted octanol–water partition coefficient (Wildman–Crippen LogP) is 4.46. The Hall–Kier alpha value is -3.58. The number of tetrazole rings is 1. The van der Waals surface area contributed by atoms with Gasteiger partial charge in [0, 0.05) is 27.4 Å². The van der Waals surface area contributed by atoms with E-state index in [9.17, 15) is 4.79 Å². The molecule has 0 bridgehead atoms. The van der Waals surface area contributed by atoms with Crippen LogP contribution in [-0.2, 0) is 7.05 Å². The molecule has 1 amide bonds. The van der Waals surface area contributed by atoms with Crippen molar-refractivity contribution < 1.29 is 4.79 Å². The lowest BCUT2D eigenvalue weighted by molar-refractivity contribution is 0.102. The molecule has 7 nitrogen and oxygen atoms in total. The van der Waals surface area contributed by atoms with Crippen LogP contribution in [-0.4, -0.2) is 31.1 Å². The van der Waals surface area contributed by atoms with Gasteiger partial charge in [-0.15, -0.1) is 10.2 Å². The van der Waals surface area contributed by atoms with Crippen LogP contribution in [0.5, 0.6) is 0 Å². The van der Waals surface area contributed by atoms with Crippen LogP contribution in [0, 0.1) is 13.8 Å². The molecule has 2 aromatic heterocycles. The smallest absolute Gasteiger partial charge is 0.255 e. The van der Waals surface area contributed by atoms with E-state index < -0.39 is 0 Å². The number of nitrogens with one attached hydrogen (secondary N) is 1. The summed E-state index contributed by atoms with van der Waals surface area (Å²) >= 11 is 6.42. The largest absolute Gasteiger partial charge is 0.320 e. The first-order valence-electron chi connectivity index (χ1n) is 9.29. The van der Waals surface area contributed by atoms with Gasteiger partial charge in [-0.2, -0.15) is 4.80 Å². The van der Waals surface area contributed by atoms with E-state index in [4.69, 9.17) is 11.6 Å². The minimum absolute atomic E-state index is 0.195. The summed E-state index contributed by atoms with van der Waals surface area (Å²) in [4.78, 5) is 18.3. The number of nitrogens with zero attached hydrogens (tertiary/aromatic N) is 5. The number of benzene rings is 2. The fraction of sp³-hybridized carbons (Fsp3) is 0.136. The SMILES string of the molecule is Cc1cc(C)c(NC(=O)c2ccc(-c3cc(-c4nnn(C)n4)ccc3Cl)cc2)cn1. The Morgan fingerprint density at radius 1 is 1.03 bits per heavy atom. The molecule has 0 aliphatic carbocycles. The summed E-state index contributed by atoms with van der Waals surface area (Å²) in [6.45, 7) is 3.85. The van der Waals surface area contributed by atoms with Crippen LogP contribution in [0.15, 0.2) is 54.7 Å². The van der Waals surface area contributed by atoms with E-state index in [1.807, 2.05) is 44.2 Å². The zero-order valence-corrected chi connectivity index (χ0v) is 17.5. The lowest BCUT2D eigenvalue weighted by Gasteiger charge is -2.10. The summed E-state index contributed by atoms with van der Waals surface area (Å²) in [6.07, 6.45) is 1.67. The van der Waals surface area contributed by atoms with E-state index in [2.05, 4.69) is 25.7 Å². The minimum Gasteiger partial charge on any atom is -0.320 e. The van der Waals surface area contributed by atoms with Crippen LogP contribution >= 0.6 is 11.6 Å². The Morgan fingerprint density at radius 2 is 1.77 bits per heavy atom. The molecule has 0 aliphatic heterocycles. The second-order valence-corrected chi connectivity index (χ2v) is 7.38. The molecular formula is C22H19ClN6O. The van der Waals surface area contributed by atoms with Gasteiger partial charge in [-0.1, -0.05) is 23.7 Å². The van der Waals surface area contributed by atoms with Gasteiger partial charge in [-0.3, -0.25) is 9.78 Å². The number of aryl methyl sites for hydroxylation is 3. The Bertz CT molecular complexity index is 1230. The van der Waals surface area contributed by atoms with E-state index in [1.165, 1.54) is 4.80 Å². The summed E-state index contributed by atoms with van der Waals surface area (Å²) in [6, 6.07) is 14.8. The lowest BCUT2D eigenvalue weighted by Crippen LogP contribution is -2.13. The van der Waals surface area contributed by atoms with Crippen molar-refractivity contribution in [2.75, 3.05) is 5.32 Å². The van der Waals surface area contributed by atoms with Crippen molar-refractivity contribution in [3.63, 3.8) is 0 Å². The van der Waals surface area contributed by atoms with E-state index in [0.717, 1.165) is 27.9 Å². The molecule has 4 aromatic rings. The molecule has 0 aliphatic rings. The number of hydrogen-bond acceptors (Lipinski definition) is 5. The average molecular weight is 419 g/mol. The Labute approximate surface area is 178 Å². The van der Waals surface area contributed by atoms with Gasteiger partial charge in [0.15, 0.2) is 0 Å². The van der Waals surface area contributed by atoms with Crippen LogP contribution in [0.4, 0.5) is 5.69 Å².